The average molecular weight is 295 g/mol. The van der Waals surface area contributed by atoms with Gasteiger partial charge in [-0.15, -0.1) is 0 Å². The number of likely N-dealkylation sites (N-methyl/N-ethyl adjacent to an activating group) is 1. The second-order valence-corrected chi connectivity index (χ2v) is 6.73. The molecule has 3 nitrogen and oxygen atoms in total. The highest BCUT2D eigenvalue weighted by atomic mass is 32.2. The van der Waals surface area contributed by atoms with E-state index < -0.39 is 0 Å². The maximum absolute atomic E-state index is 9.88. The summed E-state index contributed by atoms with van der Waals surface area (Å²) in [7, 11) is 1.93. The van der Waals surface area contributed by atoms with Gasteiger partial charge < -0.3 is 15.2 Å². The minimum atomic E-state index is -0.336. The molecule has 0 aliphatic carbocycles. The standard InChI is InChI=1S/C16H25NO2S/c1-13-15(8-10-19-13)20-11-9-16(12-18,17-2)14-6-4-3-5-7-14/h3-7,13,15,17-18H,8-12H2,1-2H3. The first-order valence-corrected chi connectivity index (χ1v) is 8.35. The Morgan fingerprint density at radius 2 is 2.15 bits per heavy atom. The zero-order valence-electron chi connectivity index (χ0n) is 12.3. The van der Waals surface area contributed by atoms with Gasteiger partial charge in [-0.25, -0.2) is 0 Å². The molecule has 3 atom stereocenters. The molecular formula is C16H25NO2S. The molecule has 0 spiro atoms. The normalized spacial score (nSPS) is 25.6. The van der Waals surface area contributed by atoms with Crippen molar-refractivity contribution in [2.45, 2.75) is 36.7 Å². The molecule has 1 saturated heterocycles. The number of ether oxygens (including phenoxy) is 1. The van der Waals surface area contributed by atoms with Gasteiger partial charge in [-0.2, -0.15) is 11.8 Å². The summed E-state index contributed by atoms with van der Waals surface area (Å²) in [6.45, 7) is 3.15. The van der Waals surface area contributed by atoms with Gasteiger partial charge in [-0.1, -0.05) is 30.3 Å². The molecule has 1 fully saturated rings. The highest BCUT2D eigenvalue weighted by molar-refractivity contribution is 7.99. The van der Waals surface area contributed by atoms with Crippen molar-refractivity contribution in [1.82, 2.24) is 5.32 Å². The average Bonchev–Trinajstić information content (AvgIpc) is 2.90. The van der Waals surface area contributed by atoms with Gasteiger partial charge in [-0.05, 0) is 38.1 Å². The maximum Gasteiger partial charge on any atom is 0.0674 e. The molecule has 3 unspecified atom stereocenters. The van der Waals surface area contributed by atoms with Crippen molar-refractivity contribution in [3.8, 4) is 0 Å². The number of hydrogen-bond acceptors (Lipinski definition) is 4. The van der Waals surface area contributed by atoms with Gasteiger partial charge in [0.05, 0.1) is 18.2 Å². The molecule has 1 aliphatic heterocycles. The first kappa shape index (κ1) is 15.8. The fraction of sp³-hybridized carbons (Fsp3) is 0.625. The summed E-state index contributed by atoms with van der Waals surface area (Å²) < 4.78 is 5.60. The highest BCUT2D eigenvalue weighted by Gasteiger charge is 2.31. The molecular weight excluding hydrogens is 270 g/mol. The topological polar surface area (TPSA) is 41.5 Å². The van der Waals surface area contributed by atoms with Crippen molar-refractivity contribution in [2.24, 2.45) is 0 Å². The van der Waals surface area contributed by atoms with E-state index in [-0.39, 0.29) is 12.1 Å². The lowest BCUT2D eigenvalue weighted by atomic mass is 9.88. The first-order valence-electron chi connectivity index (χ1n) is 7.30. The number of aliphatic hydroxyl groups excluding tert-OH is 1. The van der Waals surface area contributed by atoms with Crippen LogP contribution in [0, 0.1) is 0 Å². The summed E-state index contributed by atoms with van der Waals surface area (Å²) in [4.78, 5) is 0. The van der Waals surface area contributed by atoms with E-state index in [2.05, 4.69) is 24.4 Å². The molecule has 1 heterocycles. The maximum atomic E-state index is 9.88. The summed E-state index contributed by atoms with van der Waals surface area (Å²) in [6, 6.07) is 10.2. The Morgan fingerprint density at radius 3 is 2.70 bits per heavy atom. The lowest BCUT2D eigenvalue weighted by molar-refractivity contribution is 0.127. The van der Waals surface area contributed by atoms with Crippen LogP contribution in [0.5, 0.6) is 0 Å². The summed E-state index contributed by atoms with van der Waals surface area (Å²) >= 11 is 1.97. The van der Waals surface area contributed by atoms with Crippen LogP contribution >= 0.6 is 11.8 Å². The number of rotatable bonds is 7. The van der Waals surface area contributed by atoms with Crippen LogP contribution in [0.25, 0.3) is 0 Å². The fourth-order valence-electron chi connectivity index (χ4n) is 2.74. The van der Waals surface area contributed by atoms with E-state index in [4.69, 9.17) is 4.74 Å². The second kappa shape index (κ2) is 7.46. The molecule has 1 aromatic rings. The second-order valence-electron chi connectivity index (χ2n) is 5.38. The monoisotopic (exact) mass is 295 g/mol. The molecule has 0 saturated carbocycles. The van der Waals surface area contributed by atoms with E-state index >= 15 is 0 Å². The zero-order chi connectivity index (χ0) is 14.4. The summed E-state index contributed by atoms with van der Waals surface area (Å²) in [5.41, 5.74) is 0.818. The lowest BCUT2D eigenvalue weighted by Crippen LogP contribution is -2.44. The molecule has 20 heavy (non-hydrogen) atoms. The molecule has 112 valence electrons. The van der Waals surface area contributed by atoms with Crippen molar-refractivity contribution < 1.29 is 9.84 Å². The summed E-state index contributed by atoms with van der Waals surface area (Å²) in [5, 5.41) is 13.8. The van der Waals surface area contributed by atoms with Crippen molar-refractivity contribution >= 4 is 11.8 Å². The Kier molecular flexibility index (Phi) is 5.90. The Bertz CT molecular complexity index is 395. The quantitative estimate of drug-likeness (QED) is 0.810. The van der Waals surface area contributed by atoms with Crippen LogP contribution in [0.4, 0.5) is 0 Å². The number of hydrogen-bond donors (Lipinski definition) is 2. The van der Waals surface area contributed by atoms with E-state index in [1.54, 1.807) is 0 Å². The third-order valence-corrected chi connectivity index (χ3v) is 5.73. The van der Waals surface area contributed by atoms with E-state index in [1.165, 1.54) is 0 Å². The molecule has 0 aromatic heterocycles. The van der Waals surface area contributed by atoms with Gasteiger partial charge in [0.25, 0.3) is 0 Å². The molecule has 0 amide bonds. The third-order valence-electron chi connectivity index (χ3n) is 4.24. The minimum Gasteiger partial charge on any atom is -0.394 e. The Morgan fingerprint density at radius 1 is 1.40 bits per heavy atom. The van der Waals surface area contributed by atoms with E-state index in [9.17, 15) is 5.11 Å². The summed E-state index contributed by atoms with van der Waals surface area (Å²) in [6.07, 6.45) is 2.41. The first-order chi connectivity index (χ1) is 9.72. The predicted octanol–water partition coefficient (Wildman–Crippen LogP) is 2.39. The predicted molar refractivity (Wildman–Crippen MR) is 85.2 cm³/mol. The smallest absolute Gasteiger partial charge is 0.0674 e. The van der Waals surface area contributed by atoms with Gasteiger partial charge in [0, 0.05) is 11.9 Å². The van der Waals surface area contributed by atoms with Crippen LogP contribution < -0.4 is 5.32 Å². The minimum absolute atomic E-state index is 0.116. The SMILES string of the molecule is CNC(CO)(CCSC1CCOC1C)c1ccccc1. The van der Waals surface area contributed by atoms with Crippen LogP contribution in [0.15, 0.2) is 30.3 Å². The lowest BCUT2D eigenvalue weighted by Gasteiger charge is -2.32. The number of benzene rings is 1. The molecule has 0 bridgehead atoms. The molecule has 2 rings (SSSR count). The number of nitrogens with one attached hydrogen (secondary N) is 1. The molecule has 1 aromatic carbocycles. The molecule has 2 N–H and O–H groups in total. The number of thioether (sulfide) groups is 1. The van der Waals surface area contributed by atoms with Crippen LogP contribution in [-0.2, 0) is 10.3 Å². The van der Waals surface area contributed by atoms with Crippen LogP contribution in [0.2, 0.25) is 0 Å². The van der Waals surface area contributed by atoms with Crippen molar-refractivity contribution in [3.05, 3.63) is 35.9 Å². The number of aliphatic hydroxyl groups is 1. The summed E-state index contributed by atoms with van der Waals surface area (Å²) in [5.74, 6) is 1.02. The van der Waals surface area contributed by atoms with Crippen molar-refractivity contribution in [1.29, 1.82) is 0 Å². The van der Waals surface area contributed by atoms with Crippen molar-refractivity contribution in [2.75, 3.05) is 26.0 Å². The fourth-order valence-corrected chi connectivity index (χ4v) is 4.12. The van der Waals surface area contributed by atoms with Crippen molar-refractivity contribution in [3.63, 3.8) is 0 Å². The Labute approximate surface area is 126 Å². The molecule has 4 heteroatoms. The molecule has 0 radical (unpaired) electrons. The van der Waals surface area contributed by atoms with E-state index in [0.717, 1.165) is 30.8 Å². The van der Waals surface area contributed by atoms with Gasteiger partial charge in [0.1, 0.15) is 0 Å². The van der Waals surface area contributed by atoms with Crippen LogP contribution in [-0.4, -0.2) is 42.5 Å². The highest BCUT2D eigenvalue weighted by Crippen LogP contribution is 2.31. The van der Waals surface area contributed by atoms with Gasteiger partial charge in [0.15, 0.2) is 0 Å². The van der Waals surface area contributed by atoms with Gasteiger partial charge in [-0.3, -0.25) is 0 Å². The van der Waals surface area contributed by atoms with Crippen LogP contribution in [0.1, 0.15) is 25.3 Å². The van der Waals surface area contributed by atoms with Gasteiger partial charge >= 0.3 is 0 Å². The molecule has 1 aliphatic rings. The third kappa shape index (κ3) is 3.55. The Hall–Kier alpha value is -0.550. The van der Waals surface area contributed by atoms with E-state index in [0.29, 0.717) is 11.4 Å². The van der Waals surface area contributed by atoms with E-state index in [1.807, 2.05) is 37.0 Å². The van der Waals surface area contributed by atoms with Crippen LogP contribution in [0.3, 0.4) is 0 Å². The Balaban J connectivity index is 1.95. The zero-order valence-corrected chi connectivity index (χ0v) is 13.2. The van der Waals surface area contributed by atoms with Gasteiger partial charge in [0.2, 0.25) is 0 Å². The largest absolute Gasteiger partial charge is 0.394 e.